The molecule has 0 radical (unpaired) electrons. The molecule has 0 aliphatic heterocycles. The fraction of sp³-hybridized carbons (Fsp3) is 0.273. The largest absolute Gasteiger partial charge is 0.303 e. The van der Waals surface area contributed by atoms with E-state index in [2.05, 4.69) is 16.3 Å². The van der Waals surface area contributed by atoms with Gasteiger partial charge < -0.3 is 4.79 Å². The number of nitrogens with zero attached hydrogens (tertiary/aromatic N) is 1. The van der Waals surface area contributed by atoms with E-state index in [1.165, 1.54) is 5.56 Å². The molecular weight excluding hydrogens is 176 g/mol. The third-order valence-corrected chi connectivity index (χ3v) is 2.48. The predicted octanol–water partition coefficient (Wildman–Crippen LogP) is 2.26. The minimum absolute atomic E-state index is 0.278. The van der Waals surface area contributed by atoms with Crippen LogP contribution in [-0.4, -0.2) is 16.5 Å². The molecule has 1 unspecified atom stereocenters. The average molecular weight is 188 g/mol. The number of rotatable bonds is 3. The molecule has 0 saturated heterocycles. The molecule has 3 heteroatoms. The van der Waals surface area contributed by atoms with Gasteiger partial charge in [0, 0.05) is 11.8 Å². The van der Waals surface area contributed by atoms with Gasteiger partial charge in [0.1, 0.15) is 6.29 Å². The van der Waals surface area contributed by atoms with Crippen molar-refractivity contribution >= 4 is 17.2 Å². The molecule has 0 aliphatic rings. The molecule has 2 rings (SSSR count). The van der Waals surface area contributed by atoms with Crippen molar-refractivity contribution in [3.8, 4) is 0 Å². The normalized spacial score (nSPS) is 12.9. The lowest BCUT2D eigenvalue weighted by molar-refractivity contribution is -0.108. The second kappa shape index (κ2) is 3.62. The molecular formula is C11H12N2O. The quantitative estimate of drug-likeness (QED) is 0.751. The number of hydrogen-bond acceptors (Lipinski definition) is 2. The first-order chi connectivity index (χ1) is 6.81. The molecule has 1 atom stereocenters. The zero-order chi connectivity index (χ0) is 9.97. The van der Waals surface area contributed by atoms with Gasteiger partial charge in [0.2, 0.25) is 0 Å². The highest BCUT2D eigenvalue weighted by Crippen LogP contribution is 2.21. The molecule has 1 aromatic heterocycles. The number of carbonyl (C=O) groups is 1. The molecule has 1 N–H and O–H groups in total. The minimum Gasteiger partial charge on any atom is -0.303 e. The van der Waals surface area contributed by atoms with E-state index in [9.17, 15) is 4.79 Å². The lowest BCUT2D eigenvalue weighted by atomic mass is 9.98. The summed E-state index contributed by atoms with van der Waals surface area (Å²) in [6.45, 7) is 2.05. The highest BCUT2D eigenvalue weighted by Gasteiger charge is 2.05. The van der Waals surface area contributed by atoms with Crippen molar-refractivity contribution in [1.82, 2.24) is 10.2 Å². The van der Waals surface area contributed by atoms with Crippen LogP contribution in [-0.2, 0) is 4.79 Å². The summed E-state index contributed by atoms with van der Waals surface area (Å²) in [6.07, 6.45) is 3.32. The van der Waals surface area contributed by atoms with Crippen LogP contribution in [0.5, 0.6) is 0 Å². The van der Waals surface area contributed by atoms with Gasteiger partial charge in [-0.3, -0.25) is 5.10 Å². The topological polar surface area (TPSA) is 45.8 Å². The van der Waals surface area contributed by atoms with Gasteiger partial charge in [0.15, 0.2) is 0 Å². The number of aromatic nitrogens is 2. The predicted molar refractivity (Wildman–Crippen MR) is 55.2 cm³/mol. The van der Waals surface area contributed by atoms with Crippen LogP contribution in [0.15, 0.2) is 24.4 Å². The van der Waals surface area contributed by atoms with E-state index in [4.69, 9.17) is 0 Å². The van der Waals surface area contributed by atoms with E-state index in [0.717, 1.165) is 17.2 Å². The molecule has 0 bridgehead atoms. The average Bonchev–Trinajstić information content (AvgIpc) is 2.64. The molecule has 0 fully saturated rings. The summed E-state index contributed by atoms with van der Waals surface area (Å²) in [5.41, 5.74) is 2.20. The number of carbonyl (C=O) groups excluding carboxylic acids is 1. The molecule has 2 aromatic rings. The van der Waals surface area contributed by atoms with Crippen LogP contribution < -0.4 is 0 Å². The van der Waals surface area contributed by atoms with E-state index in [-0.39, 0.29) is 5.92 Å². The first-order valence-corrected chi connectivity index (χ1v) is 4.68. The van der Waals surface area contributed by atoms with Gasteiger partial charge in [-0.2, -0.15) is 5.10 Å². The first-order valence-electron chi connectivity index (χ1n) is 4.68. The molecule has 14 heavy (non-hydrogen) atoms. The Balaban J connectivity index is 2.38. The van der Waals surface area contributed by atoms with Gasteiger partial charge in [0.05, 0.1) is 11.7 Å². The van der Waals surface area contributed by atoms with E-state index in [1.54, 1.807) is 6.20 Å². The lowest BCUT2D eigenvalue weighted by Gasteiger charge is -2.07. The molecule has 0 amide bonds. The number of aromatic amines is 1. The Morgan fingerprint density at radius 2 is 2.43 bits per heavy atom. The van der Waals surface area contributed by atoms with E-state index in [1.807, 2.05) is 19.1 Å². The Morgan fingerprint density at radius 1 is 1.57 bits per heavy atom. The number of H-pyrrole nitrogens is 1. The SMILES string of the molecule is CC(CC=O)c1ccc2cn[nH]c2c1. The van der Waals surface area contributed by atoms with Gasteiger partial charge in [-0.05, 0) is 17.5 Å². The van der Waals surface area contributed by atoms with Crippen molar-refractivity contribution in [2.45, 2.75) is 19.3 Å². The van der Waals surface area contributed by atoms with Crippen molar-refractivity contribution < 1.29 is 4.79 Å². The standard InChI is InChI=1S/C11H12N2O/c1-8(4-5-14)9-2-3-10-7-12-13-11(10)6-9/h2-3,5-8H,4H2,1H3,(H,12,13). The maximum Gasteiger partial charge on any atom is 0.120 e. The van der Waals surface area contributed by atoms with Crippen LogP contribution >= 0.6 is 0 Å². The summed E-state index contributed by atoms with van der Waals surface area (Å²) >= 11 is 0. The lowest BCUT2D eigenvalue weighted by Crippen LogP contribution is -1.93. The molecule has 0 spiro atoms. The number of fused-ring (bicyclic) bond motifs is 1. The second-order valence-corrected chi connectivity index (χ2v) is 3.52. The molecule has 1 heterocycles. The van der Waals surface area contributed by atoms with Crippen molar-refractivity contribution in [2.24, 2.45) is 0 Å². The first kappa shape index (κ1) is 8.94. The van der Waals surface area contributed by atoms with Crippen LogP contribution in [0.25, 0.3) is 10.9 Å². The number of benzene rings is 1. The maximum absolute atomic E-state index is 10.4. The van der Waals surface area contributed by atoms with Crippen LogP contribution in [0.4, 0.5) is 0 Å². The van der Waals surface area contributed by atoms with Gasteiger partial charge in [-0.25, -0.2) is 0 Å². The number of aldehydes is 1. The van der Waals surface area contributed by atoms with Crippen LogP contribution in [0.2, 0.25) is 0 Å². The fourth-order valence-electron chi connectivity index (χ4n) is 1.54. The Labute approximate surface area is 82.1 Å². The van der Waals surface area contributed by atoms with Crippen LogP contribution in [0.3, 0.4) is 0 Å². The van der Waals surface area contributed by atoms with E-state index >= 15 is 0 Å². The second-order valence-electron chi connectivity index (χ2n) is 3.52. The Morgan fingerprint density at radius 3 is 3.21 bits per heavy atom. The summed E-state index contributed by atoms with van der Waals surface area (Å²) in [6, 6.07) is 6.12. The zero-order valence-electron chi connectivity index (χ0n) is 8.03. The Kier molecular flexibility index (Phi) is 2.31. The van der Waals surface area contributed by atoms with Crippen molar-refractivity contribution in [2.75, 3.05) is 0 Å². The van der Waals surface area contributed by atoms with Crippen molar-refractivity contribution in [1.29, 1.82) is 0 Å². The van der Waals surface area contributed by atoms with Crippen LogP contribution in [0, 0.1) is 0 Å². The third kappa shape index (κ3) is 1.53. The van der Waals surface area contributed by atoms with Gasteiger partial charge in [0.25, 0.3) is 0 Å². The Hall–Kier alpha value is -1.64. The third-order valence-electron chi connectivity index (χ3n) is 2.48. The number of hydrogen-bond donors (Lipinski definition) is 1. The summed E-state index contributed by atoms with van der Waals surface area (Å²) < 4.78 is 0. The Bertz CT molecular complexity index is 447. The molecule has 72 valence electrons. The smallest absolute Gasteiger partial charge is 0.120 e. The van der Waals surface area contributed by atoms with E-state index in [0.29, 0.717) is 6.42 Å². The molecule has 1 aromatic carbocycles. The van der Waals surface area contributed by atoms with Crippen molar-refractivity contribution in [3.05, 3.63) is 30.0 Å². The summed E-state index contributed by atoms with van der Waals surface area (Å²) in [7, 11) is 0. The van der Waals surface area contributed by atoms with Gasteiger partial charge in [-0.15, -0.1) is 0 Å². The molecule has 3 nitrogen and oxygen atoms in total. The summed E-state index contributed by atoms with van der Waals surface area (Å²) in [5.74, 6) is 0.278. The summed E-state index contributed by atoms with van der Waals surface area (Å²) in [5, 5.41) is 7.98. The van der Waals surface area contributed by atoms with Gasteiger partial charge >= 0.3 is 0 Å². The van der Waals surface area contributed by atoms with Gasteiger partial charge in [-0.1, -0.05) is 19.1 Å². The zero-order valence-corrected chi connectivity index (χ0v) is 8.03. The van der Waals surface area contributed by atoms with Crippen LogP contribution in [0.1, 0.15) is 24.8 Å². The monoisotopic (exact) mass is 188 g/mol. The fourth-order valence-corrected chi connectivity index (χ4v) is 1.54. The molecule has 0 aliphatic carbocycles. The molecule has 0 saturated carbocycles. The van der Waals surface area contributed by atoms with E-state index < -0.39 is 0 Å². The summed E-state index contributed by atoms with van der Waals surface area (Å²) in [4.78, 5) is 10.4. The van der Waals surface area contributed by atoms with Crippen molar-refractivity contribution in [3.63, 3.8) is 0 Å². The highest BCUT2D eigenvalue weighted by molar-refractivity contribution is 5.78. The number of nitrogens with one attached hydrogen (secondary N) is 1. The minimum atomic E-state index is 0.278. The maximum atomic E-state index is 10.4. The highest BCUT2D eigenvalue weighted by atomic mass is 16.1.